The summed E-state index contributed by atoms with van der Waals surface area (Å²) >= 11 is 3.30. The molecule has 0 spiro atoms. The highest BCUT2D eigenvalue weighted by molar-refractivity contribution is 9.10. The summed E-state index contributed by atoms with van der Waals surface area (Å²) in [6.45, 7) is 5.02. The van der Waals surface area contributed by atoms with Crippen molar-refractivity contribution in [2.45, 2.75) is 30.8 Å². The van der Waals surface area contributed by atoms with Gasteiger partial charge in [-0.3, -0.25) is 4.90 Å². The molecule has 0 radical (unpaired) electrons. The number of benzene rings is 1. The number of nitrogens with two attached hydrogens (primary N) is 1. The van der Waals surface area contributed by atoms with E-state index in [4.69, 9.17) is 5.73 Å². The molecule has 112 valence electrons. The standard InChI is InChI=1S/C13H20BrN3O2S/c1-9-7-17(8-10(2)16(9)3)20(18,19)13-6-11(14)4-5-12(13)15/h4-6,9-10H,7-8,15H2,1-3H3. The Morgan fingerprint density at radius 2 is 1.80 bits per heavy atom. The van der Waals surface area contributed by atoms with Gasteiger partial charge in [-0.15, -0.1) is 0 Å². The first-order chi connectivity index (χ1) is 9.23. The normalized spacial score (nSPS) is 25.8. The van der Waals surface area contributed by atoms with Gasteiger partial charge in [0.05, 0.1) is 5.69 Å². The van der Waals surface area contributed by atoms with E-state index in [9.17, 15) is 8.42 Å². The van der Waals surface area contributed by atoms with Crippen LogP contribution in [0.15, 0.2) is 27.6 Å². The van der Waals surface area contributed by atoms with E-state index in [0.29, 0.717) is 17.6 Å². The summed E-state index contributed by atoms with van der Waals surface area (Å²) in [5, 5.41) is 0. The third-order valence-corrected chi connectivity index (χ3v) is 6.30. The lowest BCUT2D eigenvalue weighted by Crippen LogP contribution is -2.56. The molecule has 1 saturated heterocycles. The average molecular weight is 362 g/mol. The van der Waals surface area contributed by atoms with E-state index in [0.717, 1.165) is 0 Å². The Labute approximate surface area is 128 Å². The predicted molar refractivity (Wildman–Crippen MR) is 84.0 cm³/mol. The van der Waals surface area contributed by atoms with Gasteiger partial charge in [0.1, 0.15) is 4.90 Å². The van der Waals surface area contributed by atoms with Crippen molar-refractivity contribution in [2.24, 2.45) is 0 Å². The molecule has 1 aliphatic rings. The van der Waals surface area contributed by atoms with Crippen molar-refractivity contribution in [1.82, 2.24) is 9.21 Å². The molecule has 1 aliphatic heterocycles. The van der Waals surface area contributed by atoms with Crippen molar-refractivity contribution >= 4 is 31.6 Å². The van der Waals surface area contributed by atoms with Crippen molar-refractivity contribution in [3.8, 4) is 0 Å². The first-order valence-corrected chi connectivity index (χ1v) is 8.74. The molecule has 5 nitrogen and oxygen atoms in total. The van der Waals surface area contributed by atoms with E-state index in [2.05, 4.69) is 20.8 Å². The van der Waals surface area contributed by atoms with Crippen molar-refractivity contribution in [3.05, 3.63) is 22.7 Å². The van der Waals surface area contributed by atoms with Gasteiger partial charge in [-0.25, -0.2) is 8.42 Å². The second-order valence-electron chi connectivity index (χ2n) is 5.37. The SMILES string of the molecule is CC1CN(S(=O)(=O)c2cc(Br)ccc2N)CC(C)N1C. The maximum Gasteiger partial charge on any atom is 0.245 e. The summed E-state index contributed by atoms with van der Waals surface area (Å²) in [5.74, 6) is 0. The zero-order chi connectivity index (χ0) is 15.1. The minimum atomic E-state index is -3.55. The summed E-state index contributed by atoms with van der Waals surface area (Å²) in [5.41, 5.74) is 6.13. The molecule has 0 aromatic heterocycles. The molecule has 20 heavy (non-hydrogen) atoms. The fourth-order valence-electron chi connectivity index (χ4n) is 2.42. The maximum atomic E-state index is 12.8. The monoisotopic (exact) mass is 361 g/mol. The molecule has 1 aromatic carbocycles. The van der Waals surface area contributed by atoms with Crippen LogP contribution in [0.2, 0.25) is 0 Å². The number of sulfonamides is 1. The molecule has 2 atom stereocenters. The molecule has 7 heteroatoms. The molecule has 0 aliphatic carbocycles. The number of nitrogen functional groups attached to an aromatic ring is 1. The van der Waals surface area contributed by atoms with Gasteiger partial charge in [-0.05, 0) is 39.1 Å². The quantitative estimate of drug-likeness (QED) is 0.814. The van der Waals surface area contributed by atoms with Crippen LogP contribution in [0.25, 0.3) is 0 Å². The summed E-state index contributed by atoms with van der Waals surface area (Å²) in [7, 11) is -1.53. The number of rotatable bonds is 2. The topological polar surface area (TPSA) is 66.6 Å². The number of hydrogen-bond donors (Lipinski definition) is 1. The Hall–Kier alpha value is -0.630. The number of piperazine rings is 1. The number of halogens is 1. The highest BCUT2D eigenvalue weighted by Crippen LogP contribution is 2.28. The van der Waals surface area contributed by atoms with Crippen LogP contribution in [0.5, 0.6) is 0 Å². The van der Waals surface area contributed by atoms with Crippen LogP contribution < -0.4 is 5.73 Å². The molecule has 0 amide bonds. The van der Waals surface area contributed by atoms with Crippen LogP contribution in [0, 0.1) is 0 Å². The Balaban J connectivity index is 2.38. The zero-order valence-electron chi connectivity index (χ0n) is 11.9. The van der Waals surface area contributed by atoms with Crippen LogP contribution >= 0.6 is 15.9 Å². The van der Waals surface area contributed by atoms with Crippen molar-refractivity contribution in [1.29, 1.82) is 0 Å². The third-order valence-electron chi connectivity index (χ3n) is 3.92. The summed E-state index contributed by atoms with van der Waals surface area (Å²) in [4.78, 5) is 2.37. The molecule has 1 aromatic rings. The summed E-state index contributed by atoms with van der Waals surface area (Å²) < 4.78 is 27.8. The number of hydrogen-bond acceptors (Lipinski definition) is 4. The summed E-state index contributed by atoms with van der Waals surface area (Å²) in [6, 6.07) is 5.28. The van der Waals surface area contributed by atoms with Gasteiger partial charge in [-0.2, -0.15) is 4.31 Å². The first-order valence-electron chi connectivity index (χ1n) is 6.50. The smallest absolute Gasteiger partial charge is 0.245 e. The van der Waals surface area contributed by atoms with Gasteiger partial charge in [-0.1, -0.05) is 15.9 Å². The lowest BCUT2D eigenvalue weighted by atomic mass is 10.1. The van der Waals surface area contributed by atoms with Gasteiger partial charge >= 0.3 is 0 Å². The van der Waals surface area contributed by atoms with E-state index in [-0.39, 0.29) is 22.7 Å². The zero-order valence-corrected chi connectivity index (χ0v) is 14.3. The second-order valence-corrected chi connectivity index (χ2v) is 8.19. The minimum Gasteiger partial charge on any atom is -0.398 e. The van der Waals surface area contributed by atoms with E-state index < -0.39 is 10.0 Å². The lowest BCUT2D eigenvalue weighted by Gasteiger charge is -2.41. The van der Waals surface area contributed by atoms with E-state index in [1.54, 1.807) is 18.2 Å². The van der Waals surface area contributed by atoms with E-state index >= 15 is 0 Å². The largest absolute Gasteiger partial charge is 0.398 e. The highest BCUT2D eigenvalue weighted by Gasteiger charge is 2.35. The number of anilines is 1. The molecule has 2 rings (SSSR count). The Kier molecular flexibility index (Phi) is 4.44. The molecule has 2 unspecified atom stereocenters. The Morgan fingerprint density at radius 1 is 1.25 bits per heavy atom. The van der Waals surface area contributed by atoms with Crippen LogP contribution in [-0.2, 0) is 10.0 Å². The van der Waals surface area contributed by atoms with Crippen LogP contribution in [-0.4, -0.2) is 49.8 Å². The average Bonchev–Trinajstić information content (AvgIpc) is 2.38. The molecule has 0 bridgehead atoms. The van der Waals surface area contributed by atoms with Gasteiger partial charge in [0.25, 0.3) is 0 Å². The Morgan fingerprint density at radius 3 is 2.35 bits per heavy atom. The molecular formula is C13H20BrN3O2S. The van der Waals surface area contributed by atoms with Gasteiger partial charge in [0.15, 0.2) is 0 Å². The highest BCUT2D eigenvalue weighted by atomic mass is 79.9. The van der Waals surface area contributed by atoms with E-state index in [1.165, 1.54) is 4.31 Å². The fraction of sp³-hybridized carbons (Fsp3) is 0.538. The van der Waals surface area contributed by atoms with Gasteiger partial charge in [0.2, 0.25) is 10.0 Å². The summed E-state index contributed by atoms with van der Waals surface area (Å²) in [6.07, 6.45) is 0. The minimum absolute atomic E-state index is 0.177. The molecule has 0 saturated carbocycles. The molecule has 1 heterocycles. The van der Waals surface area contributed by atoms with Gasteiger partial charge < -0.3 is 5.73 Å². The van der Waals surface area contributed by atoms with Crippen molar-refractivity contribution < 1.29 is 8.42 Å². The van der Waals surface area contributed by atoms with Crippen molar-refractivity contribution in [2.75, 3.05) is 25.9 Å². The van der Waals surface area contributed by atoms with Crippen molar-refractivity contribution in [3.63, 3.8) is 0 Å². The third kappa shape index (κ3) is 2.86. The molecule has 1 fully saturated rings. The Bertz CT molecular complexity index is 594. The predicted octanol–water partition coefficient (Wildman–Crippen LogP) is 1.74. The fourth-order valence-corrected chi connectivity index (χ4v) is 4.68. The second kappa shape index (κ2) is 5.63. The van der Waals surface area contributed by atoms with Gasteiger partial charge in [0, 0.05) is 29.6 Å². The maximum absolute atomic E-state index is 12.8. The number of nitrogens with zero attached hydrogens (tertiary/aromatic N) is 2. The van der Waals surface area contributed by atoms with Crippen LogP contribution in [0.3, 0.4) is 0 Å². The lowest BCUT2D eigenvalue weighted by molar-refractivity contribution is 0.105. The van der Waals surface area contributed by atoms with Crippen LogP contribution in [0.4, 0.5) is 5.69 Å². The van der Waals surface area contributed by atoms with E-state index in [1.807, 2.05) is 20.9 Å². The first kappa shape index (κ1) is 15.8. The molecule has 2 N–H and O–H groups in total. The van der Waals surface area contributed by atoms with Crippen LogP contribution in [0.1, 0.15) is 13.8 Å². The number of likely N-dealkylation sites (N-methyl/N-ethyl adjacent to an activating group) is 1. The molecular weight excluding hydrogens is 342 g/mol.